The number of hydrogen-bond donors (Lipinski definition) is 0. The van der Waals surface area contributed by atoms with Gasteiger partial charge in [-0.3, -0.25) is 9.78 Å². The van der Waals surface area contributed by atoms with E-state index in [1.807, 2.05) is 35.2 Å². The van der Waals surface area contributed by atoms with Crippen LogP contribution in [-0.2, 0) is 11.2 Å². The molecule has 4 heteroatoms. The molecule has 1 amide bonds. The number of hydrogen-bond acceptors (Lipinski definition) is 2. The molecule has 0 spiro atoms. The highest BCUT2D eigenvalue weighted by molar-refractivity contribution is 9.15. The smallest absolute Gasteiger partial charge is 0.231 e. The van der Waals surface area contributed by atoms with Crippen LogP contribution in [0.5, 0.6) is 0 Å². The summed E-state index contributed by atoms with van der Waals surface area (Å²) in [5, 5.41) is 0. The molecule has 3 nitrogen and oxygen atoms in total. The molecule has 0 radical (unpaired) electrons. The largest absolute Gasteiger partial charge is 0.310 e. The van der Waals surface area contributed by atoms with Gasteiger partial charge in [-0.05, 0) is 45.6 Å². The van der Waals surface area contributed by atoms with Gasteiger partial charge in [-0.2, -0.15) is 0 Å². The van der Waals surface area contributed by atoms with Crippen molar-refractivity contribution < 1.29 is 4.79 Å². The van der Waals surface area contributed by atoms with Gasteiger partial charge in [0.25, 0.3) is 0 Å². The van der Waals surface area contributed by atoms with Gasteiger partial charge in [0.05, 0.1) is 12.1 Å². The van der Waals surface area contributed by atoms with E-state index in [1.165, 1.54) is 0 Å². The average molecular weight is 371 g/mol. The molecule has 0 unspecified atom stereocenters. The summed E-state index contributed by atoms with van der Waals surface area (Å²) in [7, 11) is 0. The molecule has 0 N–H and O–H groups in total. The highest BCUT2D eigenvalue weighted by Crippen LogP contribution is 2.38. The molecule has 0 atom stereocenters. The van der Waals surface area contributed by atoms with Crippen LogP contribution in [0.2, 0.25) is 0 Å². The lowest BCUT2D eigenvalue weighted by Gasteiger charge is -2.25. The van der Waals surface area contributed by atoms with E-state index in [1.54, 1.807) is 12.4 Å². The third kappa shape index (κ3) is 3.22. The molecule has 3 rings (SSSR count). The number of aromatic nitrogens is 1. The lowest BCUT2D eigenvalue weighted by atomic mass is 10.0. The molecular weight excluding hydrogens is 352 g/mol. The summed E-state index contributed by atoms with van der Waals surface area (Å²) >= 11 is 3.77. The highest BCUT2D eigenvalue weighted by Gasteiger charge is 2.27. The van der Waals surface area contributed by atoms with Crippen LogP contribution >= 0.6 is 15.9 Å². The standard InChI is InChI=1S/C19H19BrN2O/c1-2-3-12-22-17(23)13-15-6-4-5-7-16(15)18(20)19(22)14-8-10-21-11-9-14/h4-11H,2-3,12-13H2,1H3. The molecule has 0 saturated heterocycles. The van der Waals surface area contributed by atoms with Gasteiger partial charge in [-0.1, -0.05) is 37.6 Å². The molecule has 0 aliphatic carbocycles. The minimum Gasteiger partial charge on any atom is -0.310 e. The van der Waals surface area contributed by atoms with Crippen LogP contribution in [0.4, 0.5) is 0 Å². The summed E-state index contributed by atoms with van der Waals surface area (Å²) in [6, 6.07) is 12.0. The molecule has 0 fully saturated rings. The zero-order valence-corrected chi connectivity index (χ0v) is 14.7. The maximum atomic E-state index is 12.9. The second-order valence-corrected chi connectivity index (χ2v) is 6.42. The Labute approximate surface area is 145 Å². The van der Waals surface area contributed by atoms with Gasteiger partial charge in [0.1, 0.15) is 0 Å². The number of rotatable bonds is 4. The van der Waals surface area contributed by atoms with E-state index in [4.69, 9.17) is 0 Å². The normalized spacial score (nSPS) is 14.7. The number of amides is 1. The zero-order valence-electron chi connectivity index (χ0n) is 13.1. The van der Waals surface area contributed by atoms with Crippen molar-refractivity contribution in [1.82, 2.24) is 9.88 Å². The molecule has 1 aliphatic heterocycles. The van der Waals surface area contributed by atoms with Crippen LogP contribution in [0, 0.1) is 0 Å². The molecular formula is C19H19BrN2O. The summed E-state index contributed by atoms with van der Waals surface area (Å²) in [5.41, 5.74) is 4.10. The molecule has 2 aromatic rings. The molecule has 23 heavy (non-hydrogen) atoms. The topological polar surface area (TPSA) is 33.2 Å². The Bertz CT molecular complexity index is 740. The Kier molecular flexibility index (Phi) is 4.91. The summed E-state index contributed by atoms with van der Waals surface area (Å²) in [6.45, 7) is 2.87. The fourth-order valence-corrected chi connectivity index (χ4v) is 3.69. The van der Waals surface area contributed by atoms with E-state index in [9.17, 15) is 4.79 Å². The van der Waals surface area contributed by atoms with Gasteiger partial charge in [0.2, 0.25) is 5.91 Å². The van der Waals surface area contributed by atoms with E-state index in [2.05, 4.69) is 33.9 Å². The Balaban J connectivity index is 2.18. The minimum atomic E-state index is 0.146. The SMILES string of the molecule is CCCCN1C(=O)Cc2ccccc2C(Br)=C1c1ccncc1. The first-order valence-corrected chi connectivity index (χ1v) is 8.70. The van der Waals surface area contributed by atoms with E-state index in [-0.39, 0.29) is 5.91 Å². The lowest BCUT2D eigenvalue weighted by molar-refractivity contribution is -0.127. The van der Waals surface area contributed by atoms with Crippen LogP contribution in [0.3, 0.4) is 0 Å². The molecule has 1 aliphatic rings. The van der Waals surface area contributed by atoms with Crippen molar-refractivity contribution in [2.75, 3.05) is 6.54 Å². The van der Waals surface area contributed by atoms with E-state index >= 15 is 0 Å². The van der Waals surface area contributed by atoms with E-state index < -0.39 is 0 Å². The van der Waals surface area contributed by atoms with Crippen molar-refractivity contribution >= 4 is 32.0 Å². The monoisotopic (exact) mass is 370 g/mol. The first-order chi connectivity index (χ1) is 11.2. The summed E-state index contributed by atoms with van der Waals surface area (Å²) < 4.78 is 0.973. The number of carbonyl (C=O) groups is 1. The van der Waals surface area contributed by atoms with Crippen molar-refractivity contribution in [2.24, 2.45) is 0 Å². The maximum Gasteiger partial charge on any atom is 0.231 e. The summed E-state index contributed by atoms with van der Waals surface area (Å²) in [4.78, 5) is 18.9. The lowest BCUT2D eigenvalue weighted by Crippen LogP contribution is -2.31. The Morgan fingerprint density at radius 3 is 2.65 bits per heavy atom. The van der Waals surface area contributed by atoms with Crippen molar-refractivity contribution in [3.05, 3.63) is 65.5 Å². The number of carbonyl (C=O) groups excluding carboxylic acids is 1. The Morgan fingerprint density at radius 1 is 1.17 bits per heavy atom. The Hall–Kier alpha value is -1.94. The molecule has 118 valence electrons. The minimum absolute atomic E-state index is 0.146. The van der Waals surface area contributed by atoms with Crippen LogP contribution in [-0.4, -0.2) is 22.3 Å². The number of nitrogens with zero attached hydrogens (tertiary/aromatic N) is 2. The van der Waals surface area contributed by atoms with Crippen molar-refractivity contribution in [3.63, 3.8) is 0 Å². The quantitative estimate of drug-likeness (QED) is 0.794. The number of fused-ring (bicyclic) bond motifs is 1. The molecule has 1 aromatic carbocycles. The third-order valence-corrected chi connectivity index (χ3v) is 4.87. The van der Waals surface area contributed by atoms with Gasteiger partial charge >= 0.3 is 0 Å². The maximum absolute atomic E-state index is 12.9. The number of pyridine rings is 1. The van der Waals surface area contributed by atoms with Crippen LogP contribution in [0.15, 0.2) is 48.8 Å². The first kappa shape index (κ1) is 15.9. The van der Waals surface area contributed by atoms with E-state index in [0.717, 1.165) is 46.3 Å². The fourth-order valence-electron chi connectivity index (χ4n) is 2.86. The summed E-state index contributed by atoms with van der Waals surface area (Å²) in [6.07, 6.45) is 6.00. The predicted octanol–water partition coefficient (Wildman–Crippen LogP) is 4.49. The van der Waals surface area contributed by atoms with E-state index in [0.29, 0.717) is 6.42 Å². The van der Waals surface area contributed by atoms with Crippen molar-refractivity contribution in [2.45, 2.75) is 26.2 Å². The van der Waals surface area contributed by atoms with Gasteiger partial charge in [-0.25, -0.2) is 0 Å². The zero-order chi connectivity index (χ0) is 16.2. The first-order valence-electron chi connectivity index (χ1n) is 7.91. The van der Waals surface area contributed by atoms with Crippen LogP contribution < -0.4 is 0 Å². The number of unbranched alkanes of at least 4 members (excludes halogenated alkanes) is 1. The molecule has 1 aromatic heterocycles. The van der Waals surface area contributed by atoms with Gasteiger partial charge in [0, 0.05) is 29.0 Å². The number of halogens is 1. The fraction of sp³-hybridized carbons (Fsp3) is 0.263. The number of benzene rings is 1. The second-order valence-electron chi connectivity index (χ2n) is 5.63. The molecule has 0 saturated carbocycles. The highest BCUT2D eigenvalue weighted by atomic mass is 79.9. The van der Waals surface area contributed by atoms with Gasteiger partial charge in [-0.15, -0.1) is 0 Å². The Morgan fingerprint density at radius 2 is 1.91 bits per heavy atom. The van der Waals surface area contributed by atoms with Gasteiger partial charge < -0.3 is 4.90 Å². The van der Waals surface area contributed by atoms with Crippen molar-refractivity contribution in [1.29, 1.82) is 0 Å². The predicted molar refractivity (Wildman–Crippen MR) is 96.7 cm³/mol. The molecule has 2 heterocycles. The third-order valence-electron chi connectivity index (χ3n) is 4.06. The van der Waals surface area contributed by atoms with Gasteiger partial charge in [0.15, 0.2) is 0 Å². The second kappa shape index (κ2) is 7.09. The molecule has 0 bridgehead atoms. The average Bonchev–Trinajstić information content (AvgIpc) is 2.69. The summed E-state index contributed by atoms with van der Waals surface area (Å²) in [5.74, 6) is 0.146. The van der Waals surface area contributed by atoms with Crippen molar-refractivity contribution in [3.8, 4) is 0 Å². The van der Waals surface area contributed by atoms with Crippen LogP contribution in [0.25, 0.3) is 10.2 Å². The van der Waals surface area contributed by atoms with Crippen LogP contribution in [0.1, 0.15) is 36.5 Å².